The molecule has 0 aliphatic carbocycles. The molecule has 2 aromatic heterocycles. The highest BCUT2D eigenvalue weighted by molar-refractivity contribution is 6.30. The van der Waals surface area contributed by atoms with Crippen LogP contribution >= 0.6 is 11.6 Å². The Kier molecular flexibility index (Phi) is 8.34. The van der Waals surface area contributed by atoms with Gasteiger partial charge in [0.25, 0.3) is 5.78 Å². The number of Topliss-reactive ketones (excluding diaryl/α,β-unsaturated/α-hetero) is 1. The molecule has 1 fully saturated rings. The summed E-state index contributed by atoms with van der Waals surface area (Å²) in [6.07, 6.45) is -9.07. The van der Waals surface area contributed by atoms with Crippen LogP contribution in [0.5, 0.6) is 0 Å². The first-order chi connectivity index (χ1) is 19.3. The fourth-order valence-electron chi connectivity index (χ4n) is 4.38. The number of nitrogens with two attached hydrogens (primary N) is 1. The van der Waals surface area contributed by atoms with E-state index in [0.29, 0.717) is 18.4 Å². The number of anilines is 2. The number of rotatable bonds is 6. The minimum Gasteiger partial charge on any atom is -0.365 e. The van der Waals surface area contributed by atoms with E-state index in [4.69, 9.17) is 17.4 Å². The number of aromatic nitrogens is 2. The molecular formula is C25H19ClF6N8O. The number of halogens is 7. The van der Waals surface area contributed by atoms with Crippen LogP contribution in [-0.2, 0) is 6.18 Å². The van der Waals surface area contributed by atoms with Gasteiger partial charge in [-0.15, -0.1) is 5.11 Å². The van der Waals surface area contributed by atoms with Gasteiger partial charge in [-0.2, -0.15) is 31.6 Å². The van der Waals surface area contributed by atoms with E-state index >= 15 is 0 Å². The van der Waals surface area contributed by atoms with Crippen LogP contribution in [0.15, 0.2) is 52.8 Å². The molecule has 0 amide bonds. The van der Waals surface area contributed by atoms with E-state index in [2.05, 4.69) is 25.6 Å². The quantitative estimate of drug-likeness (QED) is 0.110. The first-order valence-corrected chi connectivity index (χ1v) is 12.2. The van der Waals surface area contributed by atoms with Crippen molar-refractivity contribution in [3.63, 3.8) is 0 Å². The minimum atomic E-state index is -5.18. The van der Waals surface area contributed by atoms with Gasteiger partial charge in [0.1, 0.15) is 23.3 Å². The Morgan fingerprint density at radius 3 is 2.54 bits per heavy atom. The number of hydrogen-bond donors (Lipinski definition) is 2. The molecule has 1 atom stereocenters. The standard InChI is InChI=1S/C25H19ClF6N8O/c26-14-4-1-3-13(9-14)19-10-18(24(27,28)29)17(11-33)23(36-19)40-8-2-5-15(12-40)35-20-7-6-16(21(41)25(30,31)32)22(37-20)38-39-34/h1,3-4,6-7,9-10,15H,2,5,8,12H2,(H3,34,35,37,38). The lowest BCUT2D eigenvalue weighted by Gasteiger charge is -2.35. The highest BCUT2D eigenvalue weighted by Gasteiger charge is 2.41. The van der Waals surface area contributed by atoms with Crippen LogP contribution in [0.3, 0.4) is 0 Å². The number of alkyl halides is 6. The van der Waals surface area contributed by atoms with Gasteiger partial charge in [-0.1, -0.05) is 29.0 Å². The molecule has 3 aromatic rings. The number of ketones is 1. The summed E-state index contributed by atoms with van der Waals surface area (Å²) in [7, 11) is 0. The monoisotopic (exact) mass is 596 g/mol. The molecule has 41 heavy (non-hydrogen) atoms. The predicted molar refractivity (Wildman–Crippen MR) is 137 cm³/mol. The van der Waals surface area contributed by atoms with Crippen molar-refractivity contribution in [1.82, 2.24) is 9.97 Å². The van der Waals surface area contributed by atoms with Crippen LogP contribution in [0.4, 0.5) is 43.8 Å². The second-order valence-electron chi connectivity index (χ2n) is 8.91. The summed E-state index contributed by atoms with van der Waals surface area (Å²) in [5, 5.41) is 19.2. The lowest BCUT2D eigenvalue weighted by Crippen LogP contribution is -2.43. The molecule has 3 heterocycles. The van der Waals surface area contributed by atoms with Crippen molar-refractivity contribution in [2.24, 2.45) is 16.2 Å². The topological polar surface area (TPSA) is 133 Å². The Bertz CT molecular complexity index is 1540. The smallest absolute Gasteiger partial charge is 0.365 e. The van der Waals surface area contributed by atoms with Crippen molar-refractivity contribution in [1.29, 1.82) is 5.26 Å². The van der Waals surface area contributed by atoms with E-state index in [1.807, 2.05) is 0 Å². The number of nitrogens with one attached hydrogen (secondary N) is 1. The Balaban J connectivity index is 1.68. The molecule has 9 nitrogen and oxygen atoms in total. The Hall–Kier alpha value is -4.45. The second-order valence-corrected chi connectivity index (χ2v) is 9.35. The lowest BCUT2D eigenvalue weighted by molar-refractivity contribution is -0.137. The van der Waals surface area contributed by atoms with Gasteiger partial charge >= 0.3 is 12.4 Å². The van der Waals surface area contributed by atoms with Gasteiger partial charge in [-0.3, -0.25) is 4.79 Å². The third kappa shape index (κ3) is 6.65. The molecule has 0 bridgehead atoms. The molecule has 1 saturated heterocycles. The summed E-state index contributed by atoms with van der Waals surface area (Å²) in [6, 6.07) is 10.1. The van der Waals surface area contributed by atoms with E-state index in [1.165, 1.54) is 11.0 Å². The SMILES string of the molecule is N#Cc1c(C(F)(F)F)cc(-c2cccc(Cl)c2)nc1N1CCCC(Nc2ccc(C(=O)C(F)(F)F)c(N=NN)n2)C1. The summed E-state index contributed by atoms with van der Waals surface area (Å²) in [6.45, 7) is 0.339. The molecular weight excluding hydrogens is 578 g/mol. The van der Waals surface area contributed by atoms with Crippen LogP contribution in [0, 0.1) is 11.3 Å². The maximum Gasteiger partial charge on any atom is 0.455 e. The molecule has 1 unspecified atom stereocenters. The molecule has 4 rings (SSSR count). The fraction of sp³-hybridized carbons (Fsp3) is 0.280. The van der Waals surface area contributed by atoms with Crippen molar-refractivity contribution < 1.29 is 31.1 Å². The van der Waals surface area contributed by atoms with Crippen molar-refractivity contribution in [3.05, 3.63) is 64.2 Å². The van der Waals surface area contributed by atoms with Gasteiger partial charge in [-0.25, -0.2) is 9.97 Å². The van der Waals surface area contributed by atoms with Gasteiger partial charge in [0.15, 0.2) is 5.82 Å². The van der Waals surface area contributed by atoms with Gasteiger partial charge < -0.3 is 16.1 Å². The zero-order valence-corrected chi connectivity index (χ0v) is 21.5. The Morgan fingerprint density at radius 2 is 1.90 bits per heavy atom. The van der Waals surface area contributed by atoms with Crippen LogP contribution < -0.4 is 16.1 Å². The van der Waals surface area contributed by atoms with Gasteiger partial charge in [-0.05, 0) is 43.2 Å². The summed E-state index contributed by atoms with van der Waals surface area (Å²) < 4.78 is 80.9. The molecule has 0 radical (unpaired) electrons. The largest absolute Gasteiger partial charge is 0.455 e. The normalized spacial score (nSPS) is 16.0. The summed E-state index contributed by atoms with van der Waals surface area (Å²) >= 11 is 6.03. The average Bonchev–Trinajstić information content (AvgIpc) is 2.91. The molecule has 1 aliphatic rings. The third-order valence-corrected chi connectivity index (χ3v) is 6.38. The van der Waals surface area contributed by atoms with Crippen molar-refractivity contribution in [3.8, 4) is 17.3 Å². The zero-order chi connectivity index (χ0) is 29.9. The van der Waals surface area contributed by atoms with E-state index in [-0.39, 0.29) is 35.4 Å². The minimum absolute atomic E-state index is 0.0232. The van der Waals surface area contributed by atoms with Crippen LogP contribution in [-0.4, -0.2) is 41.1 Å². The number of piperidine rings is 1. The first kappa shape index (κ1) is 29.5. The number of benzene rings is 1. The number of nitriles is 1. The molecule has 0 spiro atoms. The number of pyridine rings is 2. The average molecular weight is 597 g/mol. The predicted octanol–water partition coefficient (Wildman–Crippen LogP) is 6.47. The zero-order valence-electron chi connectivity index (χ0n) is 20.8. The molecule has 1 aliphatic heterocycles. The number of carbonyl (C=O) groups is 1. The van der Waals surface area contributed by atoms with Gasteiger partial charge in [0, 0.05) is 29.7 Å². The van der Waals surface area contributed by atoms with Crippen molar-refractivity contribution in [2.45, 2.75) is 31.2 Å². The summed E-state index contributed by atoms with van der Waals surface area (Å²) in [5.41, 5.74) is -2.38. The molecule has 214 valence electrons. The number of hydrogen-bond acceptors (Lipinski definition) is 8. The Labute approximate surface area is 233 Å². The molecule has 16 heteroatoms. The maximum absolute atomic E-state index is 14.0. The van der Waals surface area contributed by atoms with Crippen LogP contribution in [0.1, 0.15) is 34.3 Å². The Morgan fingerprint density at radius 1 is 1.15 bits per heavy atom. The van der Waals surface area contributed by atoms with Crippen LogP contribution in [0.2, 0.25) is 5.02 Å². The van der Waals surface area contributed by atoms with E-state index < -0.39 is 46.7 Å². The van der Waals surface area contributed by atoms with E-state index in [9.17, 15) is 36.4 Å². The highest BCUT2D eigenvalue weighted by atomic mass is 35.5. The second kappa shape index (κ2) is 11.6. The van der Waals surface area contributed by atoms with Crippen molar-refractivity contribution in [2.75, 3.05) is 23.3 Å². The molecule has 3 N–H and O–H groups in total. The fourth-order valence-corrected chi connectivity index (χ4v) is 4.57. The molecule has 0 saturated carbocycles. The van der Waals surface area contributed by atoms with E-state index in [1.54, 1.807) is 24.3 Å². The number of carbonyl (C=O) groups excluding carboxylic acids is 1. The maximum atomic E-state index is 14.0. The van der Waals surface area contributed by atoms with Crippen molar-refractivity contribution >= 4 is 34.8 Å². The lowest BCUT2D eigenvalue weighted by atomic mass is 10.0. The number of nitrogens with zero attached hydrogens (tertiary/aromatic N) is 6. The molecule has 1 aromatic carbocycles. The highest BCUT2D eigenvalue weighted by Crippen LogP contribution is 2.39. The third-order valence-electron chi connectivity index (χ3n) is 6.14. The van der Waals surface area contributed by atoms with E-state index in [0.717, 1.165) is 18.2 Å². The summed E-state index contributed by atoms with van der Waals surface area (Å²) in [4.78, 5) is 21.5. The van der Waals surface area contributed by atoms with Gasteiger partial charge in [0.2, 0.25) is 0 Å². The summed E-state index contributed by atoms with van der Waals surface area (Å²) in [5.74, 6) is 1.96. The van der Waals surface area contributed by atoms with Crippen LogP contribution in [0.25, 0.3) is 11.3 Å². The first-order valence-electron chi connectivity index (χ1n) is 11.8. The van der Waals surface area contributed by atoms with Gasteiger partial charge in [0.05, 0.1) is 16.8 Å².